The van der Waals surface area contributed by atoms with Crippen LogP contribution < -0.4 is 0 Å². The molecule has 0 fully saturated rings. The Kier molecular flexibility index (Phi) is 11.6. The second kappa shape index (κ2) is 19.8. The number of fused-ring (bicyclic) bond motifs is 6. The first-order valence-corrected chi connectivity index (χ1v) is 27.6. The van der Waals surface area contributed by atoms with E-state index in [0.29, 0.717) is 0 Å². The van der Waals surface area contributed by atoms with Crippen molar-refractivity contribution in [2.75, 3.05) is 0 Å². The molecule has 80 heavy (non-hydrogen) atoms. The summed E-state index contributed by atoms with van der Waals surface area (Å²) in [5.74, 6) is 0. The quantitative estimate of drug-likeness (QED) is 0.129. The van der Waals surface area contributed by atoms with Gasteiger partial charge in [-0.15, -0.1) is 0 Å². The van der Waals surface area contributed by atoms with Crippen molar-refractivity contribution in [1.29, 1.82) is 0 Å². The molecule has 0 unspecified atom stereocenters. The summed E-state index contributed by atoms with van der Waals surface area (Å²) in [5.41, 5.74) is 25.9. The van der Waals surface area contributed by atoms with Crippen LogP contribution in [0.2, 0.25) is 0 Å². The maximum absolute atomic E-state index is 2.50. The molecule has 0 atom stereocenters. The van der Waals surface area contributed by atoms with Gasteiger partial charge in [-0.3, -0.25) is 0 Å². The molecule has 2 heterocycles. The van der Waals surface area contributed by atoms with Crippen molar-refractivity contribution < 1.29 is 0 Å². The average Bonchev–Trinajstić information content (AvgIpc) is 4.27. The smallest absolute Gasteiger partial charge is 0.0541 e. The van der Waals surface area contributed by atoms with E-state index in [-0.39, 0.29) is 0 Å². The topological polar surface area (TPSA) is 9.86 Å². The zero-order chi connectivity index (χ0) is 52.9. The van der Waals surface area contributed by atoms with Gasteiger partial charge < -0.3 is 9.13 Å². The highest BCUT2D eigenvalue weighted by molar-refractivity contribution is 6.14. The molecule has 2 heteroatoms. The second-order valence-corrected chi connectivity index (χ2v) is 20.8. The van der Waals surface area contributed by atoms with Gasteiger partial charge >= 0.3 is 0 Å². The van der Waals surface area contributed by atoms with Crippen LogP contribution in [-0.2, 0) is 0 Å². The molecule has 0 bridgehead atoms. The molecule has 13 aromatic carbocycles. The van der Waals surface area contributed by atoms with Gasteiger partial charge in [-0.25, -0.2) is 0 Å². The number of hydrogen-bond donors (Lipinski definition) is 0. The van der Waals surface area contributed by atoms with E-state index in [4.69, 9.17) is 0 Å². The Labute approximate surface area is 466 Å². The van der Waals surface area contributed by atoms with Crippen molar-refractivity contribution in [3.63, 3.8) is 0 Å². The van der Waals surface area contributed by atoms with Crippen LogP contribution in [0.25, 0.3) is 144 Å². The van der Waals surface area contributed by atoms with Crippen molar-refractivity contribution >= 4 is 43.6 Å². The fraction of sp³-hybridized carbons (Fsp3) is 0. The maximum atomic E-state index is 2.50. The Morgan fingerprint density at radius 1 is 0.150 bits per heavy atom. The van der Waals surface area contributed by atoms with Gasteiger partial charge in [-0.2, -0.15) is 0 Å². The number of para-hydroxylation sites is 2. The molecular weight excluding hydrogens is 965 g/mol. The first-order chi connectivity index (χ1) is 39.7. The third-order valence-corrected chi connectivity index (χ3v) is 16.2. The van der Waals surface area contributed by atoms with Gasteiger partial charge in [0.25, 0.3) is 0 Å². The van der Waals surface area contributed by atoms with Gasteiger partial charge in [0, 0.05) is 32.7 Å². The summed E-state index contributed by atoms with van der Waals surface area (Å²) >= 11 is 0. The van der Waals surface area contributed by atoms with Gasteiger partial charge in [-0.1, -0.05) is 249 Å². The standard InChI is InChI=1S/C78H52N2/c1-5-22-53(23-6-1)57-30-21-31-58(48-57)60-41-45-76-70(50-60)72-52-62(66-35-16-14-33-64(66)56-28-11-4-12-29-56)43-47-78(72)80(76)74-39-20-18-37-68(74)67-36-17-19-38-73(67)79-75-44-40-59(54-24-7-2-8-25-54)49-69(75)71-51-61(42-46-77(71)79)65-34-15-13-32-63(65)55-26-9-3-10-27-55/h1-52H. The first kappa shape index (κ1) is 46.7. The number of nitrogens with zero attached hydrogens (tertiary/aromatic N) is 2. The highest BCUT2D eigenvalue weighted by atomic mass is 15.0. The number of rotatable bonds is 10. The van der Waals surface area contributed by atoms with Crippen LogP contribution in [0.5, 0.6) is 0 Å². The van der Waals surface area contributed by atoms with E-state index >= 15 is 0 Å². The summed E-state index contributed by atoms with van der Waals surface area (Å²) in [6.07, 6.45) is 0. The molecule has 0 amide bonds. The van der Waals surface area contributed by atoms with Crippen LogP contribution in [0.3, 0.4) is 0 Å². The number of hydrogen-bond acceptors (Lipinski definition) is 0. The van der Waals surface area contributed by atoms with Gasteiger partial charge in [0.1, 0.15) is 0 Å². The summed E-state index contributed by atoms with van der Waals surface area (Å²) in [7, 11) is 0. The minimum Gasteiger partial charge on any atom is -0.309 e. The van der Waals surface area contributed by atoms with Crippen molar-refractivity contribution in [1.82, 2.24) is 9.13 Å². The molecule has 0 aliphatic carbocycles. The molecule has 0 saturated heterocycles. The lowest BCUT2D eigenvalue weighted by molar-refractivity contribution is 1.16. The largest absolute Gasteiger partial charge is 0.309 e. The highest BCUT2D eigenvalue weighted by Crippen LogP contribution is 2.45. The van der Waals surface area contributed by atoms with Gasteiger partial charge in [0.05, 0.1) is 33.4 Å². The van der Waals surface area contributed by atoms with E-state index in [1.807, 2.05) is 0 Å². The van der Waals surface area contributed by atoms with Crippen LogP contribution in [0.4, 0.5) is 0 Å². The number of aromatic nitrogens is 2. The van der Waals surface area contributed by atoms with Crippen LogP contribution in [0.1, 0.15) is 0 Å². The molecule has 0 saturated carbocycles. The molecule has 2 aromatic heterocycles. The molecule has 0 radical (unpaired) electrons. The van der Waals surface area contributed by atoms with E-state index in [9.17, 15) is 0 Å². The van der Waals surface area contributed by atoms with Crippen molar-refractivity contribution in [2.45, 2.75) is 0 Å². The predicted octanol–water partition coefficient (Wildman–Crippen LogP) is 21.2. The summed E-state index contributed by atoms with van der Waals surface area (Å²) in [4.78, 5) is 0. The van der Waals surface area contributed by atoms with E-state index in [0.717, 1.165) is 44.6 Å². The molecular formula is C78H52N2. The Hall–Kier alpha value is -10.5. The van der Waals surface area contributed by atoms with Crippen molar-refractivity contribution in [3.05, 3.63) is 315 Å². The Balaban J connectivity index is 0.939. The zero-order valence-electron chi connectivity index (χ0n) is 43.9. The zero-order valence-corrected chi connectivity index (χ0v) is 43.9. The summed E-state index contributed by atoms with van der Waals surface area (Å²) in [6.45, 7) is 0. The maximum Gasteiger partial charge on any atom is 0.0541 e. The number of benzene rings is 13. The van der Waals surface area contributed by atoms with E-state index in [1.54, 1.807) is 0 Å². The lowest BCUT2D eigenvalue weighted by Crippen LogP contribution is -2.01. The summed E-state index contributed by atoms with van der Waals surface area (Å²) in [6, 6.07) is 116. The Bertz CT molecular complexity index is 4800. The van der Waals surface area contributed by atoms with Crippen LogP contribution in [0, 0.1) is 0 Å². The summed E-state index contributed by atoms with van der Waals surface area (Å²) in [5, 5.41) is 4.82. The minimum absolute atomic E-state index is 1.11. The van der Waals surface area contributed by atoms with Crippen molar-refractivity contribution in [2.24, 2.45) is 0 Å². The van der Waals surface area contributed by atoms with Gasteiger partial charge in [0.2, 0.25) is 0 Å². The van der Waals surface area contributed by atoms with Crippen LogP contribution >= 0.6 is 0 Å². The average molecular weight is 1020 g/mol. The van der Waals surface area contributed by atoms with Gasteiger partial charge in [-0.05, 0) is 145 Å². The fourth-order valence-corrected chi connectivity index (χ4v) is 12.4. The first-order valence-electron chi connectivity index (χ1n) is 27.6. The molecule has 0 spiro atoms. The van der Waals surface area contributed by atoms with Gasteiger partial charge in [0.15, 0.2) is 0 Å². The molecule has 0 N–H and O–H groups in total. The third-order valence-electron chi connectivity index (χ3n) is 16.2. The monoisotopic (exact) mass is 1020 g/mol. The third kappa shape index (κ3) is 8.13. The van der Waals surface area contributed by atoms with Crippen LogP contribution in [0.15, 0.2) is 315 Å². The molecule has 2 nitrogen and oxygen atoms in total. The minimum atomic E-state index is 1.11. The predicted molar refractivity (Wildman–Crippen MR) is 339 cm³/mol. The molecule has 374 valence electrons. The fourth-order valence-electron chi connectivity index (χ4n) is 12.4. The Morgan fingerprint density at radius 3 is 0.787 bits per heavy atom. The van der Waals surface area contributed by atoms with Crippen molar-refractivity contribution in [3.8, 4) is 100 Å². The molecule has 0 aliphatic rings. The normalized spacial score (nSPS) is 11.5. The molecule has 15 rings (SSSR count). The SMILES string of the molecule is c1ccc(-c2cccc(-c3ccc4c(c3)c3cc(-c5ccccc5-c5ccccc5)ccc3n4-c3ccccc3-c3ccccc3-n3c4ccc(-c5ccccc5)cc4c4cc(-c5ccccc5-c5ccccc5)ccc43)c2)cc1. The lowest BCUT2D eigenvalue weighted by atomic mass is 9.93. The van der Waals surface area contributed by atoms with E-state index < -0.39 is 0 Å². The van der Waals surface area contributed by atoms with E-state index in [1.165, 1.54) is 99.4 Å². The summed E-state index contributed by atoms with van der Waals surface area (Å²) < 4.78 is 5.00. The lowest BCUT2D eigenvalue weighted by Gasteiger charge is -2.19. The second-order valence-electron chi connectivity index (χ2n) is 20.8. The highest BCUT2D eigenvalue weighted by Gasteiger charge is 2.23. The van der Waals surface area contributed by atoms with E-state index in [2.05, 4.69) is 325 Å². The van der Waals surface area contributed by atoms with Crippen LogP contribution in [-0.4, -0.2) is 9.13 Å². The Morgan fingerprint density at radius 2 is 0.400 bits per heavy atom. The molecule has 15 aromatic rings. The molecule has 0 aliphatic heterocycles.